The second-order valence-corrected chi connectivity index (χ2v) is 16.4. The number of aliphatic hydroxyl groups is 1. The van der Waals surface area contributed by atoms with Crippen LogP contribution >= 0.6 is 34.5 Å². The maximum absolute atomic E-state index is 14.4. The van der Waals surface area contributed by atoms with E-state index in [1.807, 2.05) is 6.07 Å². The third-order valence-electron chi connectivity index (χ3n) is 11.8. The molecule has 0 radical (unpaired) electrons. The van der Waals surface area contributed by atoms with Crippen LogP contribution in [0.15, 0.2) is 54.4 Å². The molecule has 1 saturated heterocycles. The standard InChI is InChI=1S/C37H38Cl2FN7O2S/c38-29-12-27(22-1-3-25(4-2-22)37-13-23(14-37)24(15-37)16-45-8-5-21(19-48)6-9-45)31(39)32-28(29)18-47(44-32)34(35(49)43-36-41-7-10-50-36)33-30-11-26(40)17-46(30)20-42-33/h1-4,7,10,12,18,20-21,23-24,26,34,48H,5-6,8-9,11,13-17,19H2,(H,41,43,49)/t23?,24-,26+,34?,37?/m0/s1. The fourth-order valence-electron chi connectivity index (χ4n) is 9.18. The summed E-state index contributed by atoms with van der Waals surface area (Å²) in [7, 11) is 0. The minimum Gasteiger partial charge on any atom is -0.396 e. The van der Waals surface area contributed by atoms with Gasteiger partial charge in [0.25, 0.3) is 5.91 Å². The van der Waals surface area contributed by atoms with Crippen LogP contribution in [-0.4, -0.2) is 72.6 Å². The van der Waals surface area contributed by atoms with Crippen molar-refractivity contribution in [1.29, 1.82) is 0 Å². The molecule has 2 bridgehead atoms. The van der Waals surface area contributed by atoms with Crippen LogP contribution in [0.3, 0.4) is 0 Å². The highest BCUT2D eigenvalue weighted by Crippen LogP contribution is 2.63. The molecule has 0 spiro atoms. The van der Waals surface area contributed by atoms with Crippen LogP contribution in [-0.2, 0) is 23.2 Å². The molecule has 13 heteroatoms. The van der Waals surface area contributed by atoms with Crippen molar-refractivity contribution in [3.05, 3.63) is 81.4 Å². The lowest BCUT2D eigenvalue weighted by Gasteiger charge is -2.39. The van der Waals surface area contributed by atoms with E-state index in [0.717, 1.165) is 48.9 Å². The molecule has 5 aliphatic rings. The molecule has 2 aliphatic heterocycles. The molecule has 5 aromatic rings. The Balaban J connectivity index is 0.982. The summed E-state index contributed by atoms with van der Waals surface area (Å²) in [6.07, 6.45) is 10.00. The van der Waals surface area contributed by atoms with Gasteiger partial charge in [-0.25, -0.2) is 14.4 Å². The van der Waals surface area contributed by atoms with Gasteiger partial charge in [0.2, 0.25) is 0 Å². The molecule has 1 unspecified atom stereocenters. The van der Waals surface area contributed by atoms with Gasteiger partial charge in [-0.1, -0.05) is 47.5 Å². The number of rotatable bonds is 9. The lowest BCUT2D eigenvalue weighted by atomic mass is 9.65. The van der Waals surface area contributed by atoms with Gasteiger partial charge in [0.05, 0.1) is 28.6 Å². The number of halogens is 3. The number of benzene rings is 2. The second kappa shape index (κ2) is 12.7. The highest BCUT2D eigenvalue weighted by atomic mass is 35.5. The number of likely N-dealkylation sites (tertiary alicyclic amines) is 1. The van der Waals surface area contributed by atoms with Crippen molar-refractivity contribution in [1.82, 2.24) is 29.2 Å². The fraction of sp³-hybridized carbons (Fsp3) is 0.459. The lowest BCUT2D eigenvalue weighted by Crippen LogP contribution is -2.38. The maximum atomic E-state index is 14.4. The van der Waals surface area contributed by atoms with E-state index in [1.54, 1.807) is 28.7 Å². The third-order valence-corrected chi connectivity index (χ3v) is 13.2. The molecule has 3 saturated carbocycles. The molecule has 3 aliphatic carbocycles. The minimum atomic E-state index is -1.04. The molecule has 260 valence electrons. The van der Waals surface area contributed by atoms with E-state index in [4.69, 9.17) is 28.3 Å². The number of carbonyl (C=O) groups excluding carboxylic acids is 1. The first-order chi connectivity index (χ1) is 24.3. The quantitative estimate of drug-likeness (QED) is 0.167. The molecule has 1 amide bonds. The normalized spacial score (nSPS) is 25.6. The number of fused-ring (bicyclic) bond motifs is 3. The number of thiazole rings is 1. The van der Waals surface area contributed by atoms with Crippen LogP contribution in [0.2, 0.25) is 10.0 Å². The Bertz CT molecular complexity index is 2050. The number of nitrogens with zero attached hydrogens (tertiary/aromatic N) is 6. The number of carbonyl (C=O) groups is 1. The molecule has 10 rings (SSSR count). The summed E-state index contributed by atoms with van der Waals surface area (Å²) in [5, 5.41) is 21.0. The van der Waals surface area contributed by atoms with Gasteiger partial charge >= 0.3 is 0 Å². The molecule has 50 heavy (non-hydrogen) atoms. The highest BCUT2D eigenvalue weighted by molar-refractivity contribution is 7.13. The van der Waals surface area contributed by atoms with Gasteiger partial charge < -0.3 is 14.6 Å². The van der Waals surface area contributed by atoms with Gasteiger partial charge in [0.15, 0.2) is 11.2 Å². The summed E-state index contributed by atoms with van der Waals surface area (Å²) in [5.74, 6) is 1.61. The third kappa shape index (κ3) is 5.56. The van der Waals surface area contributed by atoms with Gasteiger partial charge in [-0.2, -0.15) is 5.10 Å². The summed E-state index contributed by atoms with van der Waals surface area (Å²) in [6.45, 7) is 3.91. The van der Waals surface area contributed by atoms with E-state index >= 15 is 0 Å². The Morgan fingerprint density at radius 2 is 1.94 bits per heavy atom. The summed E-state index contributed by atoms with van der Waals surface area (Å²) in [5.41, 5.74) is 4.95. The van der Waals surface area contributed by atoms with Crippen molar-refractivity contribution in [2.45, 2.75) is 62.7 Å². The molecule has 4 fully saturated rings. The Kier molecular flexibility index (Phi) is 8.27. The Morgan fingerprint density at radius 1 is 1.14 bits per heavy atom. The molecular weight excluding hydrogens is 696 g/mol. The zero-order chi connectivity index (χ0) is 34.1. The zero-order valence-corrected chi connectivity index (χ0v) is 29.8. The highest BCUT2D eigenvalue weighted by Gasteiger charge is 2.56. The van der Waals surface area contributed by atoms with E-state index in [2.05, 4.69) is 44.5 Å². The average Bonchev–Trinajstić information content (AvgIpc) is 3.95. The van der Waals surface area contributed by atoms with E-state index in [0.29, 0.717) is 50.0 Å². The SMILES string of the molecule is O=C(Nc1nccs1)C(c1ncn2c1C[C@@H](F)C2)n1cc2c(Cl)cc(-c3ccc(C45CC(C4)[C@H](CN4CCC(CO)CC4)C5)cc3)c(Cl)c2n1. The van der Waals surface area contributed by atoms with Crippen LogP contribution in [0, 0.1) is 17.8 Å². The monoisotopic (exact) mass is 733 g/mol. The average molecular weight is 735 g/mol. The van der Waals surface area contributed by atoms with Crippen molar-refractivity contribution in [2.75, 3.05) is 31.6 Å². The first-order valence-electron chi connectivity index (χ1n) is 17.5. The minimum absolute atomic E-state index is 0.172. The van der Waals surface area contributed by atoms with Crippen molar-refractivity contribution in [3.63, 3.8) is 0 Å². The van der Waals surface area contributed by atoms with E-state index in [1.165, 1.54) is 47.4 Å². The number of amides is 1. The van der Waals surface area contributed by atoms with Crippen LogP contribution in [0.4, 0.5) is 9.52 Å². The van der Waals surface area contributed by atoms with E-state index in [-0.39, 0.29) is 18.4 Å². The predicted molar refractivity (Wildman–Crippen MR) is 194 cm³/mol. The smallest absolute Gasteiger partial charge is 0.257 e. The van der Waals surface area contributed by atoms with Crippen LogP contribution in [0.5, 0.6) is 0 Å². The van der Waals surface area contributed by atoms with Crippen molar-refractivity contribution < 1.29 is 14.3 Å². The van der Waals surface area contributed by atoms with Crippen molar-refractivity contribution >= 4 is 56.5 Å². The first-order valence-corrected chi connectivity index (χ1v) is 19.1. The Morgan fingerprint density at radius 3 is 2.68 bits per heavy atom. The van der Waals surface area contributed by atoms with Gasteiger partial charge in [0.1, 0.15) is 11.7 Å². The summed E-state index contributed by atoms with van der Waals surface area (Å²) in [4.78, 5) is 25.2. The molecule has 3 atom stereocenters. The van der Waals surface area contributed by atoms with E-state index < -0.39 is 18.1 Å². The number of piperidine rings is 1. The fourth-order valence-corrected chi connectivity index (χ4v) is 10.3. The number of aliphatic hydroxyl groups excluding tert-OH is 1. The summed E-state index contributed by atoms with van der Waals surface area (Å²) in [6, 6.07) is 9.65. The number of hydrogen-bond donors (Lipinski definition) is 2. The zero-order valence-electron chi connectivity index (χ0n) is 27.4. The Hall–Kier alpha value is -3.35. The maximum Gasteiger partial charge on any atom is 0.257 e. The molecular formula is C37H38Cl2FN7O2S. The van der Waals surface area contributed by atoms with Gasteiger partial charge in [-0.05, 0) is 85.6 Å². The molecule has 2 N–H and O–H groups in total. The molecule has 5 heterocycles. The van der Waals surface area contributed by atoms with Crippen LogP contribution in [0.25, 0.3) is 22.0 Å². The van der Waals surface area contributed by atoms with Crippen LogP contribution in [0.1, 0.15) is 55.1 Å². The van der Waals surface area contributed by atoms with Crippen molar-refractivity contribution in [2.24, 2.45) is 17.8 Å². The van der Waals surface area contributed by atoms with Gasteiger partial charge in [0, 0.05) is 54.0 Å². The number of aromatic nitrogens is 5. The Labute approximate surface area is 303 Å². The van der Waals surface area contributed by atoms with Crippen molar-refractivity contribution in [3.8, 4) is 11.1 Å². The van der Waals surface area contributed by atoms with E-state index in [9.17, 15) is 14.3 Å². The van der Waals surface area contributed by atoms with Gasteiger partial charge in [-0.3, -0.25) is 14.8 Å². The molecule has 3 aromatic heterocycles. The number of alkyl halides is 1. The topological polar surface area (TPSA) is 101 Å². The second-order valence-electron chi connectivity index (χ2n) is 14.8. The molecule has 2 aromatic carbocycles. The first kappa shape index (κ1) is 32.6. The molecule has 9 nitrogen and oxygen atoms in total. The number of nitrogens with one attached hydrogen (secondary N) is 1. The number of imidazole rings is 1. The summed E-state index contributed by atoms with van der Waals surface area (Å²) >= 11 is 15.3. The number of hydrogen-bond acceptors (Lipinski definition) is 7. The largest absolute Gasteiger partial charge is 0.396 e. The van der Waals surface area contributed by atoms with Gasteiger partial charge in [-0.15, -0.1) is 11.3 Å². The lowest BCUT2D eigenvalue weighted by molar-refractivity contribution is -0.118. The predicted octanol–water partition coefficient (Wildman–Crippen LogP) is 7.16. The number of anilines is 1. The summed E-state index contributed by atoms with van der Waals surface area (Å²) < 4.78 is 17.7. The van der Waals surface area contributed by atoms with Crippen LogP contribution < -0.4 is 5.32 Å².